The highest BCUT2D eigenvalue weighted by Gasteiger charge is 2.15. The first kappa shape index (κ1) is 24.1. The monoisotopic (exact) mass is 545 g/mol. The van der Waals surface area contributed by atoms with Gasteiger partial charge in [0.15, 0.2) is 11.5 Å². The lowest BCUT2D eigenvalue weighted by molar-refractivity contribution is 0.280. The second kappa shape index (κ2) is 11.9. The summed E-state index contributed by atoms with van der Waals surface area (Å²) in [6.07, 6.45) is 0.971. The highest BCUT2D eigenvalue weighted by molar-refractivity contribution is 9.10. The van der Waals surface area contributed by atoms with Gasteiger partial charge in [-0.25, -0.2) is 4.68 Å². The van der Waals surface area contributed by atoms with Crippen molar-refractivity contribution in [1.29, 1.82) is 0 Å². The van der Waals surface area contributed by atoms with Gasteiger partial charge in [-0.05, 0) is 53.2 Å². The van der Waals surface area contributed by atoms with Crippen LogP contribution in [0.15, 0.2) is 40.0 Å². The zero-order chi connectivity index (χ0) is 22.2. The van der Waals surface area contributed by atoms with Crippen LogP contribution in [0, 0.1) is 0 Å². The van der Waals surface area contributed by atoms with Gasteiger partial charge in [-0.2, -0.15) is 0 Å². The summed E-state index contributed by atoms with van der Waals surface area (Å²) >= 11 is 17.4. The van der Waals surface area contributed by atoms with E-state index in [-0.39, 0.29) is 0 Å². The number of hydrogen-bond donors (Lipinski definition) is 1. The number of aryl methyl sites for hydroxylation is 1. The number of thioether (sulfide) groups is 1. The summed E-state index contributed by atoms with van der Waals surface area (Å²) in [6, 6.07) is 9.29. The topological polar surface area (TPSA) is 74.1 Å². The van der Waals surface area contributed by atoms with E-state index in [0.29, 0.717) is 34.7 Å². The Balaban J connectivity index is 1.58. The molecule has 0 saturated heterocycles. The van der Waals surface area contributed by atoms with E-state index in [2.05, 4.69) is 36.8 Å². The molecule has 0 spiro atoms. The van der Waals surface area contributed by atoms with Crippen LogP contribution in [0.2, 0.25) is 10.0 Å². The molecule has 166 valence electrons. The van der Waals surface area contributed by atoms with E-state index in [1.54, 1.807) is 35.7 Å². The van der Waals surface area contributed by atoms with Crippen molar-refractivity contribution in [3.63, 3.8) is 0 Å². The molecular weight excluding hydrogens is 525 g/mol. The molecule has 0 aliphatic carbocycles. The fourth-order valence-corrected chi connectivity index (χ4v) is 4.33. The van der Waals surface area contributed by atoms with Crippen molar-refractivity contribution in [3.8, 4) is 11.5 Å². The van der Waals surface area contributed by atoms with Gasteiger partial charge in [0.1, 0.15) is 6.61 Å². The van der Waals surface area contributed by atoms with E-state index >= 15 is 0 Å². The third kappa shape index (κ3) is 6.73. The molecule has 3 aromatic rings. The van der Waals surface area contributed by atoms with Crippen molar-refractivity contribution >= 4 is 50.9 Å². The Morgan fingerprint density at radius 1 is 1.19 bits per heavy atom. The molecule has 0 unspecified atom stereocenters. The van der Waals surface area contributed by atoms with Crippen LogP contribution < -0.4 is 14.8 Å². The minimum absolute atomic E-state index is 0.346. The molecular formula is C20H22BrCl2N5O2S. The zero-order valence-electron chi connectivity index (χ0n) is 17.1. The largest absolute Gasteiger partial charge is 0.493 e. The molecule has 0 saturated carbocycles. The van der Waals surface area contributed by atoms with E-state index in [1.807, 2.05) is 25.2 Å². The third-order valence-corrected chi connectivity index (χ3v) is 6.95. The highest BCUT2D eigenvalue weighted by atomic mass is 79.9. The molecule has 0 atom stereocenters. The minimum Gasteiger partial charge on any atom is -0.493 e. The van der Waals surface area contributed by atoms with Gasteiger partial charge in [0.25, 0.3) is 0 Å². The third-order valence-electron chi connectivity index (χ3n) is 4.37. The van der Waals surface area contributed by atoms with E-state index in [1.165, 1.54) is 0 Å². The summed E-state index contributed by atoms with van der Waals surface area (Å²) in [5, 5.41) is 16.7. The van der Waals surface area contributed by atoms with Gasteiger partial charge in [-0.15, -0.1) is 5.10 Å². The van der Waals surface area contributed by atoms with E-state index < -0.39 is 0 Å². The Kier molecular flexibility index (Phi) is 9.28. The number of nitrogens with one attached hydrogen (secondary N) is 1. The quantitative estimate of drug-likeness (QED) is 0.263. The van der Waals surface area contributed by atoms with Crippen LogP contribution in [0.1, 0.15) is 17.5 Å². The van der Waals surface area contributed by atoms with E-state index in [9.17, 15) is 0 Å². The number of tetrazole rings is 1. The predicted octanol–water partition coefficient (Wildman–Crippen LogP) is 5.14. The van der Waals surface area contributed by atoms with Gasteiger partial charge in [-0.3, -0.25) is 0 Å². The van der Waals surface area contributed by atoms with Crippen molar-refractivity contribution < 1.29 is 9.47 Å². The lowest BCUT2D eigenvalue weighted by Gasteiger charge is -2.17. The Labute approximate surface area is 203 Å². The molecule has 1 N–H and O–H groups in total. The number of ether oxygens (including phenoxy) is 2. The number of rotatable bonds is 11. The molecule has 1 aromatic heterocycles. The summed E-state index contributed by atoms with van der Waals surface area (Å²) in [5.41, 5.74) is 1.91. The predicted molar refractivity (Wildman–Crippen MR) is 127 cm³/mol. The second-order valence-corrected chi connectivity index (χ2v) is 9.29. The molecule has 3 rings (SSSR count). The fourth-order valence-electron chi connectivity index (χ4n) is 2.77. The Morgan fingerprint density at radius 3 is 2.74 bits per heavy atom. The van der Waals surface area contributed by atoms with Crippen LogP contribution in [0.25, 0.3) is 0 Å². The normalized spacial score (nSPS) is 11.0. The Morgan fingerprint density at radius 2 is 2.03 bits per heavy atom. The minimum atomic E-state index is 0.346. The van der Waals surface area contributed by atoms with Crippen LogP contribution in [0.4, 0.5) is 0 Å². The molecule has 0 amide bonds. The van der Waals surface area contributed by atoms with Gasteiger partial charge >= 0.3 is 0 Å². The zero-order valence-corrected chi connectivity index (χ0v) is 21.0. The van der Waals surface area contributed by atoms with Crippen molar-refractivity contribution in [2.45, 2.75) is 24.7 Å². The molecule has 0 bridgehead atoms. The number of nitrogens with zero attached hydrogens (tertiary/aromatic N) is 4. The van der Waals surface area contributed by atoms with Crippen molar-refractivity contribution in [2.75, 3.05) is 19.4 Å². The van der Waals surface area contributed by atoms with Gasteiger partial charge < -0.3 is 14.8 Å². The smallest absolute Gasteiger partial charge is 0.209 e. The molecule has 11 heteroatoms. The number of methoxy groups -OCH3 is 1. The SMILES string of the molecule is COc1ccc(Br)c(CNCCCSc2nnnn2C)c1OCc1ccc(Cl)c(Cl)c1. The van der Waals surface area contributed by atoms with Crippen LogP contribution in [0.3, 0.4) is 0 Å². The maximum atomic E-state index is 6.14. The summed E-state index contributed by atoms with van der Waals surface area (Å²) in [7, 11) is 3.46. The lowest BCUT2D eigenvalue weighted by atomic mass is 10.1. The van der Waals surface area contributed by atoms with Crippen LogP contribution in [-0.2, 0) is 20.2 Å². The number of halogens is 3. The van der Waals surface area contributed by atoms with Gasteiger partial charge in [0.2, 0.25) is 5.16 Å². The average Bonchev–Trinajstić information content (AvgIpc) is 3.17. The van der Waals surface area contributed by atoms with E-state index in [0.717, 1.165) is 39.5 Å². The fraction of sp³-hybridized carbons (Fsp3) is 0.350. The summed E-state index contributed by atoms with van der Waals surface area (Å²) in [6.45, 7) is 1.82. The summed E-state index contributed by atoms with van der Waals surface area (Å²) in [5.74, 6) is 2.28. The van der Waals surface area contributed by atoms with Crippen LogP contribution in [-0.4, -0.2) is 39.6 Å². The first-order chi connectivity index (χ1) is 15.0. The number of aromatic nitrogens is 4. The summed E-state index contributed by atoms with van der Waals surface area (Å²) in [4.78, 5) is 0. The van der Waals surface area contributed by atoms with Gasteiger partial charge in [0.05, 0.1) is 17.2 Å². The second-order valence-electron chi connectivity index (χ2n) is 6.56. The Bertz CT molecular complexity index is 1020. The Hall–Kier alpha value is -1.52. The van der Waals surface area contributed by atoms with Crippen molar-refractivity contribution in [1.82, 2.24) is 25.5 Å². The number of hydrogen-bond acceptors (Lipinski definition) is 7. The summed E-state index contributed by atoms with van der Waals surface area (Å²) < 4.78 is 14.3. The average molecular weight is 547 g/mol. The molecule has 31 heavy (non-hydrogen) atoms. The molecule has 0 radical (unpaired) electrons. The van der Waals surface area contributed by atoms with Crippen LogP contribution >= 0.6 is 50.9 Å². The molecule has 2 aromatic carbocycles. The standard InChI is InChI=1S/C20H22BrCl2N5O2S/c1-28-20(25-26-27-28)31-9-3-8-24-11-14-15(21)5-7-18(29-2)19(14)30-12-13-4-6-16(22)17(23)10-13/h4-7,10,24H,3,8-9,11-12H2,1-2H3. The molecule has 7 nitrogen and oxygen atoms in total. The van der Waals surface area contributed by atoms with Crippen molar-refractivity contribution in [2.24, 2.45) is 7.05 Å². The van der Waals surface area contributed by atoms with Gasteiger partial charge in [0, 0.05) is 29.4 Å². The van der Waals surface area contributed by atoms with E-state index in [4.69, 9.17) is 32.7 Å². The first-order valence-electron chi connectivity index (χ1n) is 9.47. The maximum absolute atomic E-state index is 6.14. The van der Waals surface area contributed by atoms with Crippen LogP contribution in [0.5, 0.6) is 11.5 Å². The first-order valence-corrected chi connectivity index (χ1v) is 12.0. The molecule has 1 heterocycles. The highest BCUT2D eigenvalue weighted by Crippen LogP contribution is 2.37. The van der Waals surface area contributed by atoms with Gasteiger partial charge in [-0.1, -0.05) is 57.0 Å². The van der Waals surface area contributed by atoms with Crippen molar-refractivity contribution in [3.05, 3.63) is 56.0 Å². The molecule has 0 fully saturated rings. The molecule has 0 aliphatic rings. The number of benzene rings is 2. The lowest BCUT2D eigenvalue weighted by Crippen LogP contribution is -2.17. The maximum Gasteiger partial charge on any atom is 0.209 e. The molecule has 0 aliphatic heterocycles.